The van der Waals surface area contributed by atoms with Gasteiger partial charge in [-0.3, -0.25) is 0 Å². The normalized spacial score (nSPS) is 10.4. The first kappa shape index (κ1) is 12.8. The van der Waals surface area contributed by atoms with Crippen molar-refractivity contribution in [2.75, 3.05) is 0 Å². The average Bonchev–Trinajstić information content (AvgIpc) is 2.77. The molecular formula is C13H12N2O4. The third-order valence-electron chi connectivity index (χ3n) is 2.76. The van der Waals surface area contributed by atoms with Gasteiger partial charge in [-0.25, -0.2) is 14.3 Å². The number of carbonyl (C=O) groups is 2. The van der Waals surface area contributed by atoms with Crippen molar-refractivity contribution < 1.29 is 19.8 Å². The molecule has 0 fully saturated rings. The van der Waals surface area contributed by atoms with Crippen LogP contribution < -0.4 is 0 Å². The molecule has 0 radical (unpaired) electrons. The molecular weight excluding hydrogens is 248 g/mol. The number of hydrogen-bond donors (Lipinski definition) is 2. The standard InChI is InChI=1S/C13H12N2O4/c1-7-3-4-8(2)10(5-7)15-6-9(12(16)17)11(14-15)13(18)19/h3-6H,1-2H3,(H,16,17)(H,18,19). The number of aryl methyl sites for hydroxylation is 2. The van der Waals surface area contributed by atoms with Crippen LogP contribution in [0.2, 0.25) is 0 Å². The Labute approximate surface area is 108 Å². The van der Waals surface area contributed by atoms with Gasteiger partial charge in [0.15, 0.2) is 5.69 Å². The van der Waals surface area contributed by atoms with Gasteiger partial charge in [-0.05, 0) is 31.0 Å². The molecule has 6 nitrogen and oxygen atoms in total. The first-order chi connectivity index (χ1) is 8.90. The van der Waals surface area contributed by atoms with E-state index in [2.05, 4.69) is 5.10 Å². The lowest BCUT2D eigenvalue weighted by Gasteiger charge is -2.06. The molecule has 6 heteroatoms. The second kappa shape index (κ2) is 4.56. The molecule has 2 rings (SSSR count). The van der Waals surface area contributed by atoms with Crippen LogP contribution in [0.5, 0.6) is 0 Å². The van der Waals surface area contributed by atoms with Crippen LogP contribution in [0.1, 0.15) is 32.0 Å². The molecule has 1 aromatic carbocycles. The van der Waals surface area contributed by atoms with Crippen molar-refractivity contribution in [3.8, 4) is 5.69 Å². The van der Waals surface area contributed by atoms with Crippen LogP contribution in [0, 0.1) is 13.8 Å². The van der Waals surface area contributed by atoms with E-state index in [-0.39, 0.29) is 5.56 Å². The number of carboxylic acids is 2. The molecule has 0 aliphatic rings. The summed E-state index contributed by atoms with van der Waals surface area (Å²) < 4.78 is 1.29. The molecule has 0 saturated heterocycles. The lowest BCUT2D eigenvalue weighted by atomic mass is 10.1. The number of aromatic nitrogens is 2. The lowest BCUT2D eigenvalue weighted by molar-refractivity contribution is 0.0648. The van der Waals surface area contributed by atoms with Crippen molar-refractivity contribution in [2.45, 2.75) is 13.8 Å². The maximum absolute atomic E-state index is 11.0. The van der Waals surface area contributed by atoms with E-state index in [1.54, 1.807) is 0 Å². The summed E-state index contributed by atoms with van der Waals surface area (Å²) in [7, 11) is 0. The molecule has 19 heavy (non-hydrogen) atoms. The summed E-state index contributed by atoms with van der Waals surface area (Å²) in [6, 6.07) is 5.60. The minimum absolute atomic E-state index is 0.326. The van der Waals surface area contributed by atoms with Crippen LogP contribution in [-0.2, 0) is 0 Å². The van der Waals surface area contributed by atoms with Crippen LogP contribution in [0.15, 0.2) is 24.4 Å². The summed E-state index contributed by atoms with van der Waals surface area (Å²) in [6.07, 6.45) is 1.22. The van der Waals surface area contributed by atoms with Crippen LogP contribution in [-0.4, -0.2) is 31.9 Å². The summed E-state index contributed by atoms with van der Waals surface area (Å²) in [6.45, 7) is 3.74. The van der Waals surface area contributed by atoms with Gasteiger partial charge >= 0.3 is 11.9 Å². The van der Waals surface area contributed by atoms with Crippen LogP contribution in [0.25, 0.3) is 5.69 Å². The molecule has 2 aromatic rings. The van der Waals surface area contributed by atoms with E-state index >= 15 is 0 Å². The van der Waals surface area contributed by atoms with E-state index in [9.17, 15) is 9.59 Å². The average molecular weight is 260 g/mol. The summed E-state index contributed by atoms with van der Waals surface area (Å²) in [4.78, 5) is 22.0. The van der Waals surface area contributed by atoms with Gasteiger partial charge < -0.3 is 10.2 Å². The molecule has 0 amide bonds. The zero-order chi connectivity index (χ0) is 14.2. The van der Waals surface area contributed by atoms with Crippen LogP contribution in [0.4, 0.5) is 0 Å². The molecule has 0 unspecified atom stereocenters. The fourth-order valence-corrected chi connectivity index (χ4v) is 1.78. The Kier molecular flexibility index (Phi) is 3.08. The summed E-state index contributed by atoms with van der Waals surface area (Å²) in [5, 5.41) is 21.8. The largest absolute Gasteiger partial charge is 0.478 e. The van der Waals surface area contributed by atoms with E-state index in [1.807, 2.05) is 32.0 Å². The minimum atomic E-state index is -1.36. The molecule has 0 atom stereocenters. The Morgan fingerprint density at radius 2 is 1.84 bits per heavy atom. The zero-order valence-electron chi connectivity index (χ0n) is 10.4. The number of aromatic carboxylic acids is 2. The monoisotopic (exact) mass is 260 g/mol. The van der Waals surface area contributed by atoms with Crippen LogP contribution in [0.3, 0.4) is 0 Å². The maximum atomic E-state index is 11.0. The third kappa shape index (κ3) is 2.33. The highest BCUT2D eigenvalue weighted by atomic mass is 16.4. The van der Waals surface area contributed by atoms with Gasteiger partial charge in [-0.2, -0.15) is 5.10 Å². The lowest BCUT2D eigenvalue weighted by Crippen LogP contribution is -2.06. The smallest absolute Gasteiger partial charge is 0.357 e. The summed E-state index contributed by atoms with van der Waals surface area (Å²) in [5.41, 5.74) is 1.73. The maximum Gasteiger partial charge on any atom is 0.357 e. The third-order valence-corrected chi connectivity index (χ3v) is 2.76. The first-order valence-corrected chi connectivity index (χ1v) is 5.54. The Bertz CT molecular complexity index is 642. The highest BCUT2D eigenvalue weighted by Gasteiger charge is 2.21. The quantitative estimate of drug-likeness (QED) is 0.879. The van der Waals surface area contributed by atoms with Crippen LogP contribution >= 0.6 is 0 Å². The fourth-order valence-electron chi connectivity index (χ4n) is 1.78. The van der Waals surface area contributed by atoms with Crippen molar-refractivity contribution >= 4 is 11.9 Å². The molecule has 1 heterocycles. The number of carboxylic acid groups (broad SMARTS) is 2. The van der Waals surface area contributed by atoms with E-state index in [0.29, 0.717) is 5.69 Å². The van der Waals surface area contributed by atoms with Crippen molar-refractivity contribution in [2.24, 2.45) is 0 Å². The van der Waals surface area contributed by atoms with Gasteiger partial charge in [0.05, 0.1) is 5.69 Å². The molecule has 1 aromatic heterocycles. The Hall–Kier alpha value is -2.63. The van der Waals surface area contributed by atoms with Gasteiger partial charge in [0.2, 0.25) is 0 Å². The van der Waals surface area contributed by atoms with Gasteiger partial charge in [0.1, 0.15) is 5.56 Å². The molecule has 2 N–H and O–H groups in total. The minimum Gasteiger partial charge on any atom is -0.478 e. The Balaban J connectivity index is 2.64. The number of nitrogens with zero attached hydrogens (tertiary/aromatic N) is 2. The molecule has 0 bridgehead atoms. The van der Waals surface area contributed by atoms with Crippen molar-refractivity contribution in [1.29, 1.82) is 0 Å². The highest BCUT2D eigenvalue weighted by Crippen LogP contribution is 2.18. The summed E-state index contributed by atoms with van der Waals surface area (Å²) in [5.74, 6) is -2.67. The number of benzene rings is 1. The molecule has 0 saturated carbocycles. The number of hydrogen-bond acceptors (Lipinski definition) is 3. The van der Waals surface area contributed by atoms with Gasteiger partial charge in [-0.15, -0.1) is 0 Å². The fraction of sp³-hybridized carbons (Fsp3) is 0.154. The Morgan fingerprint density at radius 1 is 1.16 bits per heavy atom. The SMILES string of the molecule is Cc1ccc(C)c(-n2cc(C(=O)O)c(C(=O)O)n2)c1. The summed E-state index contributed by atoms with van der Waals surface area (Å²) >= 11 is 0. The predicted octanol–water partition coefficient (Wildman–Crippen LogP) is 1.89. The van der Waals surface area contributed by atoms with E-state index in [4.69, 9.17) is 10.2 Å². The van der Waals surface area contributed by atoms with Gasteiger partial charge in [0, 0.05) is 6.20 Å². The number of rotatable bonds is 3. The second-order valence-electron chi connectivity index (χ2n) is 4.24. The zero-order valence-corrected chi connectivity index (χ0v) is 10.4. The molecule has 0 aliphatic heterocycles. The van der Waals surface area contributed by atoms with Gasteiger partial charge in [-0.1, -0.05) is 12.1 Å². The molecule has 0 spiro atoms. The van der Waals surface area contributed by atoms with E-state index < -0.39 is 17.6 Å². The van der Waals surface area contributed by atoms with Crippen molar-refractivity contribution in [1.82, 2.24) is 9.78 Å². The molecule has 0 aliphatic carbocycles. The predicted molar refractivity (Wildman–Crippen MR) is 67.0 cm³/mol. The molecule has 98 valence electrons. The van der Waals surface area contributed by atoms with Crippen molar-refractivity contribution in [3.05, 3.63) is 46.8 Å². The first-order valence-electron chi connectivity index (χ1n) is 5.54. The van der Waals surface area contributed by atoms with Gasteiger partial charge in [0.25, 0.3) is 0 Å². The second-order valence-corrected chi connectivity index (χ2v) is 4.24. The Morgan fingerprint density at radius 3 is 2.37 bits per heavy atom. The highest BCUT2D eigenvalue weighted by molar-refractivity contribution is 6.00. The topological polar surface area (TPSA) is 92.4 Å². The van der Waals surface area contributed by atoms with E-state index in [1.165, 1.54) is 10.9 Å². The van der Waals surface area contributed by atoms with E-state index in [0.717, 1.165) is 11.1 Å². The van der Waals surface area contributed by atoms with Crippen molar-refractivity contribution in [3.63, 3.8) is 0 Å².